The molecule has 7 nitrogen and oxygen atoms in total. The summed E-state index contributed by atoms with van der Waals surface area (Å²) in [5, 5.41) is 13.0. The summed E-state index contributed by atoms with van der Waals surface area (Å²) in [4.78, 5) is 26.4. The zero-order valence-corrected chi connectivity index (χ0v) is 15.5. The Morgan fingerprint density at radius 1 is 1.08 bits per heavy atom. The Balaban J connectivity index is 1.30. The molecule has 3 N–H and O–H groups in total. The van der Waals surface area contributed by atoms with Gasteiger partial charge in [0.15, 0.2) is 0 Å². The minimum atomic E-state index is 0.0711. The van der Waals surface area contributed by atoms with Crippen LogP contribution in [0.3, 0.4) is 0 Å². The smallest absolute Gasteiger partial charge is 0.317 e. The Bertz CT molecular complexity index is 560. The van der Waals surface area contributed by atoms with E-state index in [9.17, 15) is 9.59 Å². The molecule has 3 amide bonds. The summed E-state index contributed by atoms with van der Waals surface area (Å²) in [5.41, 5.74) is 1.13. The summed E-state index contributed by atoms with van der Waals surface area (Å²) in [6.07, 6.45) is 13.5. The molecule has 1 saturated heterocycles. The van der Waals surface area contributed by atoms with Gasteiger partial charge in [0, 0.05) is 37.8 Å². The van der Waals surface area contributed by atoms with Gasteiger partial charge in [-0.2, -0.15) is 5.10 Å². The van der Waals surface area contributed by atoms with Crippen molar-refractivity contribution in [3.63, 3.8) is 0 Å². The van der Waals surface area contributed by atoms with Crippen molar-refractivity contribution in [1.82, 2.24) is 25.7 Å². The van der Waals surface area contributed by atoms with Gasteiger partial charge >= 0.3 is 6.03 Å². The summed E-state index contributed by atoms with van der Waals surface area (Å²) in [5.74, 6) is 0.110. The second-order valence-electron chi connectivity index (χ2n) is 7.57. The molecule has 3 rings (SSSR count). The quantitative estimate of drug-likeness (QED) is 0.726. The number of nitrogens with one attached hydrogen (secondary N) is 3. The van der Waals surface area contributed by atoms with Crippen LogP contribution in [0.4, 0.5) is 4.79 Å². The molecule has 1 aromatic heterocycles. The number of aromatic amines is 1. The lowest BCUT2D eigenvalue weighted by molar-refractivity contribution is -0.122. The van der Waals surface area contributed by atoms with E-state index < -0.39 is 0 Å². The molecule has 0 radical (unpaired) electrons. The van der Waals surface area contributed by atoms with Crippen molar-refractivity contribution in [3.05, 3.63) is 18.0 Å². The van der Waals surface area contributed by atoms with Crippen molar-refractivity contribution in [2.75, 3.05) is 13.1 Å². The fourth-order valence-electron chi connectivity index (χ4n) is 3.91. The first-order valence-corrected chi connectivity index (χ1v) is 10.0. The number of urea groups is 1. The molecule has 0 unspecified atom stereocenters. The van der Waals surface area contributed by atoms with Crippen LogP contribution in [-0.2, 0) is 11.2 Å². The SMILES string of the molecule is O=C(CCCc1cn[nH]c1)NC1CCN(C(=O)NC2CCCCC2)CC1. The van der Waals surface area contributed by atoms with Crippen molar-refractivity contribution < 1.29 is 9.59 Å². The fourth-order valence-corrected chi connectivity index (χ4v) is 3.91. The van der Waals surface area contributed by atoms with Gasteiger partial charge in [0.05, 0.1) is 6.20 Å². The number of carbonyl (C=O) groups excluding carboxylic acids is 2. The summed E-state index contributed by atoms with van der Waals surface area (Å²) < 4.78 is 0. The normalized spacial score (nSPS) is 19.3. The molecular weight excluding hydrogens is 330 g/mol. The number of nitrogens with zero attached hydrogens (tertiary/aromatic N) is 2. The predicted molar refractivity (Wildman–Crippen MR) is 99.7 cm³/mol. The Labute approximate surface area is 155 Å². The van der Waals surface area contributed by atoms with Gasteiger partial charge in [0.2, 0.25) is 5.91 Å². The molecule has 7 heteroatoms. The highest BCUT2D eigenvalue weighted by Crippen LogP contribution is 2.18. The van der Waals surface area contributed by atoms with E-state index in [1.807, 2.05) is 11.1 Å². The van der Waals surface area contributed by atoms with Crippen LogP contribution in [0.5, 0.6) is 0 Å². The average Bonchev–Trinajstić information content (AvgIpc) is 3.16. The maximum Gasteiger partial charge on any atom is 0.317 e. The second-order valence-corrected chi connectivity index (χ2v) is 7.57. The topological polar surface area (TPSA) is 90.1 Å². The largest absolute Gasteiger partial charge is 0.353 e. The Hall–Kier alpha value is -2.05. The van der Waals surface area contributed by atoms with E-state index in [0.717, 1.165) is 57.2 Å². The number of piperidine rings is 1. The highest BCUT2D eigenvalue weighted by atomic mass is 16.2. The highest BCUT2D eigenvalue weighted by molar-refractivity contribution is 5.76. The van der Waals surface area contributed by atoms with Gasteiger partial charge in [-0.15, -0.1) is 0 Å². The second kappa shape index (κ2) is 9.59. The number of rotatable bonds is 6. The molecule has 1 aliphatic carbocycles. The lowest BCUT2D eigenvalue weighted by Crippen LogP contribution is -2.51. The first kappa shape index (κ1) is 18.7. The Morgan fingerprint density at radius 2 is 1.81 bits per heavy atom. The summed E-state index contributed by atoms with van der Waals surface area (Å²) in [6.45, 7) is 1.44. The van der Waals surface area contributed by atoms with Gasteiger partial charge < -0.3 is 15.5 Å². The third kappa shape index (κ3) is 5.75. The first-order valence-electron chi connectivity index (χ1n) is 10.0. The average molecular weight is 361 g/mol. The number of H-pyrrole nitrogens is 1. The lowest BCUT2D eigenvalue weighted by atomic mass is 9.95. The molecule has 1 aliphatic heterocycles. The molecular formula is C19H31N5O2. The van der Waals surface area contributed by atoms with Crippen LogP contribution in [0.25, 0.3) is 0 Å². The van der Waals surface area contributed by atoms with Gasteiger partial charge in [0.1, 0.15) is 0 Å². The molecule has 2 fully saturated rings. The van der Waals surface area contributed by atoms with Crippen LogP contribution < -0.4 is 10.6 Å². The standard InChI is InChI=1S/C19H31N5O2/c25-18(8-4-5-15-13-20-21-14-15)22-17-9-11-24(12-10-17)19(26)23-16-6-2-1-3-7-16/h13-14,16-17H,1-12H2,(H,20,21)(H,22,25)(H,23,26). The van der Waals surface area contributed by atoms with Crippen LogP contribution in [0.2, 0.25) is 0 Å². The van der Waals surface area contributed by atoms with Crippen LogP contribution in [0.15, 0.2) is 12.4 Å². The van der Waals surface area contributed by atoms with Crippen molar-refractivity contribution in [3.8, 4) is 0 Å². The maximum absolute atomic E-state index is 12.4. The molecule has 26 heavy (non-hydrogen) atoms. The van der Waals surface area contributed by atoms with Crippen LogP contribution in [0.1, 0.15) is 63.4 Å². The maximum atomic E-state index is 12.4. The molecule has 0 spiro atoms. The van der Waals surface area contributed by atoms with Gasteiger partial charge in [-0.3, -0.25) is 9.89 Å². The molecule has 0 bridgehead atoms. The number of amides is 3. The summed E-state index contributed by atoms with van der Waals surface area (Å²) >= 11 is 0. The number of aromatic nitrogens is 2. The van der Waals surface area contributed by atoms with E-state index in [4.69, 9.17) is 0 Å². The summed E-state index contributed by atoms with van der Waals surface area (Å²) in [7, 11) is 0. The van der Waals surface area contributed by atoms with E-state index in [-0.39, 0.29) is 18.0 Å². The van der Waals surface area contributed by atoms with Crippen LogP contribution >= 0.6 is 0 Å². The van der Waals surface area contributed by atoms with Crippen molar-refractivity contribution >= 4 is 11.9 Å². The highest BCUT2D eigenvalue weighted by Gasteiger charge is 2.25. The predicted octanol–water partition coefficient (Wildman–Crippen LogP) is 2.36. The molecule has 0 atom stereocenters. The van der Waals surface area contributed by atoms with Crippen molar-refractivity contribution in [1.29, 1.82) is 0 Å². The van der Waals surface area contributed by atoms with E-state index in [1.54, 1.807) is 6.20 Å². The Morgan fingerprint density at radius 3 is 2.50 bits per heavy atom. The fraction of sp³-hybridized carbons (Fsp3) is 0.737. The van der Waals surface area contributed by atoms with E-state index in [0.29, 0.717) is 12.5 Å². The van der Waals surface area contributed by atoms with Crippen LogP contribution in [0, 0.1) is 0 Å². The molecule has 2 aliphatic rings. The van der Waals surface area contributed by atoms with Gasteiger partial charge in [-0.1, -0.05) is 19.3 Å². The number of carbonyl (C=O) groups is 2. The van der Waals surface area contributed by atoms with Crippen LogP contribution in [-0.4, -0.2) is 52.2 Å². The number of likely N-dealkylation sites (tertiary alicyclic amines) is 1. The number of hydrogen-bond donors (Lipinski definition) is 3. The molecule has 2 heterocycles. The van der Waals surface area contributed by atoms with Gasteiger partial charge in [-0.25, -0.2) is 4.79 Å². The molecule has 0 aromatic carbocycles. The molecule has 1 saturated carbocycles. The lowest BCUT2D eigenvalue weighted by Gasteiger charge is -2.34. The van der Waals surface area contributed by atoms with E-state index in [2.05, 4.69) is 20.8 Å². The number of hydrogen-bond acceptors (Lipinski definition) is 3. The minimum Gasteiger partial charge on any atom is -0.353 e. The molecule has 1 aromatic rings. The zero-order valence-electron chi connectivity index (χ0n) is 15.5. The Kier molecular flexibility index (Phi) is 6.91. The van der Waals surface area contributed by atoms with Gasteiger partial charge in [0.25, 0.3) is 0 Å². The van der Waals surface area contributed by atoms with Crippen molar-refractivity contribution in [2.24, 2.45) is 0 Å². The van der Waals surface area contributed by atoms with Gasteiger partial charge in [-0.05, 0) is 44.1 Å². The van der Waals surface area contributed by atoms with E-state index >= 15 is 0 Å². The third-order valence-electron chi connectivity index (χ3n) is 5.50. The first-order chi connectivity index (χ1) is 12.7. The zero-order chi connectivity index (χ0) is 18.2. The third-order valence-corrected chi connectivity index (χ3v) is 5.50. The number of aryl methyl sites for hydroxylation is 1. The summed E-state index contributed by atoms with van der Waals surface area (Å²) in [6, 6.07) is 0.612. The van der Waals surface area contributed by atoms with Crippen molar-refractivity contribution in [2.45, 2.75) is 76.3 Å². The van der Waals surface area contributed by atoms with E-state index in [1.165, 1.54) is 19.3 Å². The minimum absolute atomic E-state index is 0.0711. The monoisotopic (exact) mass is 361 g/mol. The molecule has 144 valence electrons.